The van der Waals surface area contributed by atoms with Crippen molar-refractivity contribution in [2.24, 2.45) is 0 Å². The van der Waals surface area contributed by atoms with Crippen LogP contribution >= 0.6 is 0 Å². The van der Waals surface area contributed by atoms with E-state index in [1.54, 1.807) is 25.1 Å². The first kappa shape index (κ1) is 21.6. The van der Waals surface area contributed by atoms with Crippen molar-refractivity contribution >= 4 is 23.5 Å². The summed E-state index contributed by atoms with van der Waals surface area (Å²) < 4.78 is 0. The fourth-order valence-corrected chi connectivity index (χ4v) is 3.68. The first-order chi connectivity index (χ1) is 14.4. The zero-order valence-electron chi connectivity index (χ0n) is 17.6. The van der Waals surface area contributed by atoms with Gasteiger partial charge in [0.05, 0.1) is 6.54 Å². The molecular weight excluding hydrogens is 378 g/mol. The molecule has 6 heteroatoms. The molecule has 6 nitrogen and oxygen atoms in total. The molecule has 2 aromatic rings. The molecule has 3 rings (SSSR count). The fraction of sp³-hybridized carbons (Fsp3) is 0.375. The van der Waals surface area contributed by atoms with Crippen LogP contribution in [-0.4, -0.2) is 28.3 Å². The van der Waals surface area contributed by atoms with Crippen LogP contribution in [0.15, 0.2) is 54.6 Å². The highest BCUT2D eigenvalue weighted by atomic mass is 16.2. The molecule has 1 atom stereocenters. The number of carbonyl (C=O) groups excluding carboxylic acids is 3. The highest BCUT2D eigenvalue weighted by molar-refractivity contribution is 6.07. The summed E-state index contributed by atoms with van der Waals surface area (Å²) in [4.78, 5) is 39.2. The van der Waals surface area contributed by atoms with E-state index in [1.165, 1.54) is 4.90 Å². The lowest BCUT2D eigenvalue weighted by Gasteiger charge is -2.21. The molecule has 1 aliphatic rings. The standard InChI is InChI=1S/C24H29N3O3/c1-3-4-5-9-15-24(2)22(29)27(23(30)26-24)17-18-11-10-12-19(16-18)21(28)25-20-13-7-6-8-14-20/h6-8,10-14,16H,3-5,9,15,17H2,1-2H3,(H,25,28)(H,26,30). The van der Waals surface area contributed by atoms with E-state index < -0.39 is 5.54 Å². The highest BCUT2D eigenvalue weighted by Crippen LogP contribution is 2.25. The first-order valence-corrected chi connectivity index (χ1v) is 10.5. The van der Waals surface area contributed by atoms with E-state index >= 15 is 0 Å². The summed E-state index contributed by atoms with van der Waals surface area (Å²) in [6.07, 6.45) is 4.83. The third-order valence-electron chi connectivity index (χ3n) is 5.44. The fourth-order valence-electron chi connectivity index (χ4n) is 3.68. The third-order valence-corrected chi connectivity index (χ3v) is 5.44. The van der Waals surface area contributed by atoms with Gasteiger partial charge in [-0.15, -0.1) is 0 Å². The number of amides is 4. The molecule has 2 aromatic carbocycles. The summed E-state index contributed by atoms with van der Waals surface area (Å²) in [5.74, 6) is -0.441. The number of anilines is 1. The number of benzene rings is 2. The van der Waals surface area contributed by atoms with Crippen LogP contribution in [0.3, 0.4) is 0 Å². The van der Waals surface area contributed by atoms with Gasteiger partial charge < -0.3 is 10.6 Å². The van der Waals surface area contributed by atoms with Gasteiger partial charge in [0.25, 0.3) is 11.8 Å². The number of para-hydroxylation sites is 1. The van der Waals surface area contributed by atoms with Gasteiger partial charge >= 0.3 is 6.03 Å². The largest absolute Gasteiger partial charge is 0.325 e. The number of hydrogen-bond donors (Lipinski definition) is 2. The van der Waals surface area contributed by atoms with Gasteiger partial charge in [0.1, 0.15) is 5.54 Å². The van der Waals surface area contributed by atoms with Gasteiger partial charge in [0, 0.05) is 11.3 Å². The zero-order valence-corrected chi connectivity index (χ0v) is 17.6. The number of imide groups is 1. The van der Waals surface area contributed by atoms with Crippen LogP contribution in [0.4, 0.5) is 10.5 Å². The van der Waals surface area contributed by atoms with Crippen molar-refractivity contribution in [2.75, 3.05) is 5.32 Å². The van der Waals surface area contributed by atoms with Crippen LogP contribution in [0.1, 0.15) is 61.9 Å². The average molecular weight is 408 g/mol. The van der Waals surface area contributed by atoms with Crippen LogP contribution in [0.5, 0.6) is 0 Å². The summed E-state index contributed by atoms with van der Waals surface area (Å²) in [7, 11) is 0. The van der Waals surface area contributed by atoms with Crippen molar-refractivity contribution in [3.05, 3.63) is 65.7 Å². The van der Waals surface area contributed by atoms with Crippen LogP contribution in [0.25, 0.3) is 0 Å². The smallest absolute Gasteiger partial charge is 0.323 e. The molecule has 1 fully saturated rings. The molecule has 4 amide bonds. The number of rotatable bonds is 9. The number of urea groups is 1. The third kappa shape index (κ3) is 5.06. The summed E-state index contributed by atoms with van der Waals surface area (Å²) >= 11 is 0. The maximum absolute atomic E-state index is 12.9. The number of nitrogens with zero attached hydrogens (tertiary/aromatic N) is 1. The van der Waals surface area contributed by atoms with E-state index in [4.69, 9.17) is 0 Å². The second kappa shape index (κ2) is 9.57. The van der Waals surface area contributed by atoms with Crippen LogP contribution in [0, 0.1) is 0 Å². The Morgan fingerprint density at radius 3 is 2.53 bits per heavy atom. The van der Waals surface area contributed by atoms with Gasteiger partial charge in [0.2, 0.25) is 0 Å². The molecule has 1 heterocycles. The molecule has 30 heavy (non-hydrogen) atoms. The average Bonchev–Trinajstić information content (AvgIpc) is 2.95. The van der Waals surface area contributed by atoms with Crippen LogP contribution < -0.4 is 10.6 Å². The summed E-state index contributed by atoms with van der Waals surface area (Å²) in [6, 6.07) is 15.8. The molecule has 2 N–H and O–H groups in total. The van der Waals surface area contributed by atoms with Gasteiger partial charge in [-0.2, -0.15) is 0 Å². The molecule has 1 unspecified atom stereocenters. The Bertz CT molecular complexity index is 913. The Hall–Kier alpha value is -3.15. The summed E-state index contributed by atoms with van der Waals surface area (Å²) in [6.45, 7) is 4.07. The second-order valence-corrected chi connectivity index (χ2v) is 7.98. The Balaban J connectivity index is 1.66. The molecule has 0 aliphatic carbocycles. The second-order valence-electron chi connectivity index (χ2n) is 7.98. The Labute approximate surface area is 177 Å². The number of hydrogen-bond acceptors (Lipinski definition) is 3. The molecule has 158 valence electrons. The number of unbranched alkanes of at least 4 members (excludes halogenated alkanes) is 3. The lowest BCUT2D eigenvalue weighted by molar-refractivity contribution is -0.131. The van der Waals surface area contributed by atoms with Gasteiger partial charge in [0.15, 0.2) is 0 Å². The minimum atomic E-state index is -0.854. The Morgan fingerprint density at radius 1 is 1.03 bits per heavy atom. The first-order valence-electron chi connectivity index (χ1n) is 10.5. The van der Waals surface area contributed by atoms with E-state index in [0.717, 1.165) is 31.2 Å². The summed E-state index contributed by atoms with van der Waals surface area (Å²) in [5.41, 5.74) is 1.06. The van der Waals surface area contributed by atoms with Crippen molar-refractivity contribution in [1.82, 2.24) is 10.2 Å². The molecule has 0 radical (unpaired) electrons. The molecule has 1 saturated heterocycles. The van der Waals surface area contributed by atoms with Crippen molar-refractivity contribution in [3.63, 3.8) is 0 Å². The quantitative estimate of drug-likeness (QED) is 0.466. The molecule has 0 spiro atoms. The number of nitrogens with one attached hydrogen (secondary N) is 2. The molecule has 0 bridgehead atoms. The Kier molecular flexibility index (Phi) is 6.87. The van der Waals surface area contributed by atoms with Gasteiger partial charge in [-0.1, -0.05) is 62.9 Å². The van der Waals surface area contributed by atoms with Crippen molar-refractivity contribution in [3.8, 4) is 0 Å². The van der Waals surface area contributed by atoms with Crippen LogP contribution in [-0.2, 0) is 11.3 Å². The molecular formula is C24H29N3O3. The van der Waals surface area contributed by atoms with Gasteiger partial charge in [-0.05, 0) is 43.2 Å². The minimum Gasteiger partial charge on any atom is -0.323 e. The van der Waals surface area contributed by atoms with Crippen molar-refractivity contribution in [2.45, 2.75) is 58.0 Å². The lowest BCUT2D eigenvalue weighted by atomic mass is 9.94. The van der Waals surface area contributed by atoms with Crippen molar-refractivity contribution in [1.29, 1.82) is 0 Å². The summed E-state index contributed by atoms with van der Waals surface area (Å²) in [5, 5.41) is 5.70. The molecule has 1 aliphatic heterocycles. The van der Waals surface area contributed by atoms with E-state index in [-0.39, 0.29) is 24.4 Å². The van der Waals surface area contributed by atoms with Gasteiger partial charge in [-0.3, -0.25) is 14.5 Å². The zero-order chi connectivity index (χ0) is 21.6. The van der Waals surface area contributed by atoms with E-state index in [9.17, 15) is 14.4 Å². The molecule has 0 saturated carbocycles. The number of carbonyl (C=O) groups is 3. The normalized spacial score (nSPS) is 18.4. The highest BCUT2D eigenvalue weighted by Gasteiger charge is 2.47. The molecule has 0 aromatic heterocycles. The van der Waals surface area contributed by atoms with Crippen molar-refractivity contribution < 1.29 is 14.4 Å². The van der Waals surface area contributed by atoms with Crippen LogP contribution in [0.2, 0.25) is 0 Å². The lowest BCUT2D eigenvalue weighted by Crippen LogP contribution is -2.43. The maximum Gasteiger partial charge on any atom is 0.325 e. The van der Waals surface area contributed by atoms with Gasteiger partial charge in [-0.25, -0.2) is 4.79 Å². The maximum atomic E-state index is 12.9. The van der Waals surface area contributed by atoms with E-state index in [2.05, 4.69) is 17.6 Å². The SMILES string of the molecule is CCCCCCC1(C)NC(=O)N(Cc2cccc(C(=O)Nc3ccccc3)c2)C1=O. The van der Waals surface area contributed by atoms with E-state index in [0.29, 0.717) is 17.7 Å². The Morgan fingerprint density at radius 2 is 1.80 bits per heavy atom. The predicted molar refractivity (Wildman–Crippen MR) is 117 cm³/mol. The topological polar surface area (TPSA) is 78.5 Å². The monoisotopic (exact) mass is 407 g/mol. The van der Waals surface area contributed by atoms with E-state index in [1.807, 2.05) is 36.4 Å². The minimum absolute atomic E-state index is 0.141. The predicted octanol–water partition coefficient (Wildman–Crippen LogP) is 4.72.